The molecule has 62 heavy (non-hydrogen) atoms. The number of furan rings is 1. The van der Waals surface area contributed by atoms with Gasteiger partial charge in [0.2, 0.25) is 0 Å². The van der Waals surface area contributed by atoms with E-state index in [0.717, 1.165) is 99.7 Å². The second kappa shape index (κ2) is 14.7. The van der Waals surface area contributed by atoms with Gasteiger partial charge in [0.1, 0.15) is 16.9 Å². The van der Waals surface area contributed by atoms with Crippen molar-refractivity contribution in [1.82, 2.24) is 24.6 Å². The first-order valence-electron chi connectivity index (χ1n) is 20.7. The van der Waals surface area contributed by atoms with Crippen LogP contribution in [0.5, 0.6) is 0 Å². The Labute approximate surface area is 357 Å². The van der Waals surface area contributed by atoms with Gasteiger partial charge in [0, 0.05) is 55.1 Å². The van der Waals surface area contributed by atoms with Crippen LogP contribution in [0.15, 0.2) is 217 Å². The van der Waals surface area contributed by atoms with Gasteiger partial charge in [-0.25, -0.2) is 19.5 Å². The number of rotatable bonds is 7. The smallest absolute Gasteiger partial charge is 0.164 e. The van der Waals surface area contributed by atoms with Gasteiger partial charge in [-0.15, -0.1) is 0 Å². The summed E-state index contributed by atoms with van der Waals surface area (Å²) < 4.78 is 8.49. The third-order valence-electron chi connectivity index (χ3n) is 11.7. The van der Waals surface area contributed by atoms with E-state index in [2.05, 4.69) is 162 Å². The minimum Gasteiger partial charge on any atom is -0.455 e. The SMILES string of the molecule is c1ccc(-c2nc(-c3ccc(-c4nn5c(-c6ccccc6)cc6ccccc6c5c4-c4ccccc4)cc3)nc(-c3ccc(-c4cccc5c4oc4ccccc45)cc3)n2)cc1. The first kappa shape index (κ1) is 35.5. The van der Waals surface area contributed by atoms with Crippen molar-refractivity contribution in [3.63, 3.8) is 0 Å². The van der Waals surface area contributed by atoms with Gasteiger partial charge < -0.3 is 4.42 Å². The molecule has 6 nitrogen and oxygen atoms in total. The van der Waals surface area contributed by atoms with Gasteiger partial charge >= 0.3 is 0 Å². The van der Waals surface area contributed by atoms with E-state index >= 15 is 0 Å². The monoisotopic (exact) mass is 793 g/mol. The topological polar surface area (TPSA) is 69.1 Å². The summed E-state index contributed by atoms with van der Waals surface area (Å²) in [5.74, 6) is 1.79. The van der Waals surface area contributed by atoms with E-state index < -0.39 is 0 Å². The van der Waals surface area contributed by atoms with Crippen LogP contribution in [-0.4, -0.2) is 24.6 Å². The number of nitrogens with zero attached hydrogens (tertiary/aromatic N) is 5. The molecule has 0 atom stereocenters. The normalized spacial score (nSPS) is 11.5. The van der Waals surface area contributed by atoms with Gasteiger partial charge in [0.15, 0.2) is 17.5 Å². The first-order valence-corrected chi connectivity index (χ1v) is 20.7. The lowest BCUT2D eigenvalue weighted by Gasteiger charge is -2.10. The molecule has 6 heteroatoms. The van der Waals surface area contributed by atoms with Crippen LogP contribution in [0.3, 0.4) is 0 Å². The summed E-state index contributed by atoms with van der Waals surface area (Å²) in [6.45, 7) is 0. The second-order valence-electron chi connectivity index (χ2n) is 15.4. The van der Waals surface area contributed by atoms with Crippen molar-refractivity contribution >= 4 is 38.2 Å². The molecule has 290 valence electrons. The molecule has 12 rings (SSSR count). The van der Waals surface area contributed by atoms with Crippen LogP contribution in [-0.2, 0) is 0 Å². The van der Waals surface area contributed by atoms with E-state index in [0.29, 0.717) is 17.5 Å². The zero-order valence-corrected chi connectivity index (χ0v) is 33.4. The highest BCUT2D eigenvalue weighted by Crippen LogP contribution is 2.42. The van der Waals surface area contributed by atoms with E-state index in [1.807, 2.05) is 54.6 Å². The Morgan fingerprint density at radius 3 is 1.53 bits per heavy atom. The van der Waals surface area contributed by atoms with Gasteiger partial charge in [0.05, 0.1) is 11.2 Å². The molecule has 0 saturated heterocycles. The van der Waals surface area contributed by atoms with Crippen molar-refractivity contribution in [2.45, 2.75) is 0 Å². The third kappa shape index (κ3) is 6.04. The van der Waals surface area contributed by atoms with E-state index in [9.17, 15) is 0 Å². The average molecular weight is 794 g/mol. The maximum atomic E-state index is 6.37. The highest BCUT2D eigenvalue weighted by molar-refractivity contribution is 6.10. The number of hydrogen-bond donors (Lipinski definition) is 0. The van der Waals surface area contributed by atoms with Gasteiger partial charge in [-0.05, 0) is 28.6 Å². The van der Waals surface area contributed by atoms with Crippen molar-refractivity contribution in [2.75, 3.05) is 0 Å². The predicted molar refractivity (Wildman–Crippen MR) is 251 cm³/mol. The van der Waals surface area contributed by atoms with Crippen LogP contribution in [0.2, 0.25) is 0 Å². The molecule has 4 heterocycles. The van der Waals surface area contributed by atoms with Gasteiger partial charge in [-0.2, -0.15) is 5.10 Å². The Balaban J connectivity index is 0.973. The molecule has 0 fully saturated rings. The summed E-state index contributed by atoms with van der Waals surface area (Å²) in [7, 11) is 0. The molecule has 4 aromatic heterocycles. The van der Waals surface area contributed by atoms with E-state index in [1.54, 1.807) is 0 Å². The molecule has 0 aliphatic heterocycles. The molecule has 0 amide bonds. The van der Waals surface area contributed by atoms with Crippen LogP contribution < -0.4 is 0 Å². The Bertz CT molecular complexity index is 3600. The minimum atomic E-state index is 0.590. The van der Waals surface area contributed by atoms with E-state index in [1.165, 1.54) is 0 Å². The fourth-order valence-corrected chi connectivity index (χ4v) is 8.68. The molecule has 0 bridgehead atoms. The highest BCUT2D eigenvalue weighted by Gasteiger charge is 2.22. The maximum Gasteiger partial charge on any atom is 0.164 e. The summed E-state index contributed by atoms with van der Waals surface area (Å²) in [5.41, 5.74) is 13.8. The molecule has 0 unspecified atom stereocenters. The van der Waals surface area contributed by atoms with Crippen LogP contribution >= 0.6 is 0 Å². The predicted octanol–water partition coefficient (Wildman–Crippen LogP) is 14.2. The quantitative estimate of drug-likeness (QED) is 0.161. The summed E-state index contributed by atoms with van der Waals surface area (Å²) in [6, 6.07) is 73.3. The van der Waals surface area contributed by atoms with Crippen LogP contribution in [0.1, 0.15) is 0 Å². The first-order chi connectivity index (χ1) is 30.7. The molecule has 0 aliphatic carbocycles. The second-order valence-corrected chi connectivity index (χ2v) is 15.4. The Kier molecular flexibility index (Phi) is 8.38. The van der Waals surface area contributed by atoms with Crippen molar-refractivity contribution in [2.24, 2.45) is 0 Å². The summed E-state index contributed by atoms with van der Waals surface area (Å²) >= 11 is 0. The molecule has 0 aliphatic rings. The Morgan fingerprint density at radius 2 is 0.871 bits per heavy atom. The van der Waals surface area contributed by atoms with Crippen LogP contribution in [0, 0.1) is 0 Å². The lowest BCUT2D eigenvalue weighted by atomic mass is 9.96. The fourth-order valence-electron chi connectivity index (χ4n) is 8.68. The van der Waals surface area contributed by atoms with E-state index in [-0.39, 0.29) is 0 Å². The molecule has 0 spiro atoms. The summed E-state index contributed by atoms with van der Waals surface area (Å²) in [6.07, 6.45) is 0. The minimum absolute atomic E-state index is 0.590. The third-order valence-corrected chi connectivity index (χ3v) is 11.7. The number of pyridine rings is 1. The molecular formula is C56H35N5O. The molecule has 12 aromatic rings. The molecular weight excluding hydrogens is 759 g/mol. The average Bonchev–Trinajstić information content (AvgIpc) is 3.95. The zero-order chi connectivity index (χ0) is 41.0. The number of hydrogen-bond acceptors (Lipinski definition) is 5. The van der Waals surface area contributed by atoms with Crippen molar-refractivity contribution in [1.29, 1.82) is 0 Å². The zero-order valence-electron chi connectivity index (χ0n) is 33.4. The van der Waals surface area contributed by atoms with Crippen molar-refractivity contribution in [3.8, 4) is 78.9 Å². The number of para-hydroxylation sites is 2. The van der Waals surface area contributed by atoms with Crippen molar-refractivity contribution in [3.05, 3.63) is 212 Å². The maximum absolute atomic E-state index is 6.37. The molecule has 8 aromatic carbocycles. The summed E-state index contributed by atoms with van der Waals surface area (Å²) in [5, 5.41) is 9.94. The van der Waals surface area contributed by atoms with Crippen LogP contribution in [0.25, 0.3) is 117 Å². The van der Waals surface area contributed by atoms with E-state index in [4.69, 9.17) is 24.5 Å². The Morgan fingerprint density at radius 1 is 0.371 bits per heavy atom. The molecule has 0 saturated carbocycles. The van der Waals surface area contributed by atoms with Gasteiger partial charge in [0.25, 0.3) is 0 Å². The van der Waals surface area contributed by atoms with Gasteiger partial charge in [-0.3, -0.25) is 0 Å². The van der Waals surface area contributed by atoms with Crippen molar-refractivity contribution < 1.29 is 4.42 Å². The molecule has 0 radical (unpaired) electrons. The standard InChI is InChI=1S/C56H35N5O/c1-4-15-37(16-5-1)48-35-43-21-10-11-22-44(43)52-50(38-17-6-2-7-18-38)51(60-61(48)52)39-29-33-42(34-30-39)56-58-54(40-19-8-3-9-20-40)57-55(59-56)41-31-27-36(28-32-41)45-24-14-25-47-46-23-12-13-26-49(46)62-53(45)47/h1-35H. The highest BCUT2D eigenvalue weighted by atomic mass is 16.3. The Hall–Kier alpha value is -8.48. The number of aromatic nitrogens is 5. The summed E-state index contributed by atoms with van der Waals surface area (Å²) in [4.78, 5) is 15.2. The largest absolute Gasteiger partial charge is 0.455 e. The molecule has 0 N–H and O–H groups in total. The lowest BCUT2D eigenvalue weighted by molar-refractivity contribution is 0.670. The number of benzene rings is 8. The van der Waals surface area contributed by atoms with Gasteiger partial charge in [-0.1, -0.05) is 200 Å². The van der Waals surface area contributed by atoms with Crippen LogP contribution in [0.4, 0.5) is 0 Å². The lowest BCUT2D eigenvalue weighted by Crippen LogP contribution is -2.00. The fraction of sp³-hybridized carbons (Fsp3) is 0. The number of fused-ring (bicyclic) bond motifs is 6.